The highest BCUT2D eigenvalue weighted by molar-refractivity contribution is 4.87. The molecule has 2 fully saturated rings. The van der Waals surface area contributed by atoms with Gasteiger partial charge >= 0.3 is 0 Å². The third-order valence-electron chi connectivity index (χ3n) is 5.00. The van der Waals surface area contributed by atoms with Gasteiger partial charge in [-0.15, -0.1) is 0 Å². The first-order valence-corrected chi connectivity index (χ1v) is 7.92. The lowest BCUT2D eigenvalue weighted by Gasteiger charge is -2.35. The molecular formula is C15H31N3. The number of hydrogen-bond acceptors (Lipinski definition) is 3. The maximum absolute atomic E-state index is 6.37. The summed E-state index contributed by atoms with van der Waals surface area (Å²) >= 11 is 0. The van der Waals surface area contributed by atoms with Gasteiger partial charge in [-0.3, -0.25) is 4.90 Å². The van der Waals surface area contributed by atoms with Gasteiger partial charge in [-0.05, 0) is 45.8 Å². The van der Waals surface area contributed by atoms with E-state index in [-0.39, 0.29) is 0 Å². The van der Waals surface area contributed by atoms with Crippen LogP contribution in [0, 0.1) is 0 Å². The van der Waals surface area contributed by atoms with Crippen LogP contribution in [0.5, 0.6) is 0 Å². The quantitative estimate of drug-likeness (QED) is 0.779. The molecule has 3 unspecified atom stereocenters. The second-order valence-electron chi connectivity index (χ2n) is 6.23. The fourth-order valence-electron chi connectivity index (χ4n) is 3.85. The van der Waals surface area contributed by atoms with Gasteiger partial charge in [0.15, 0.2) is 0 Å². The molecule has 1 aliphatic carbocycles. The van der Waals surface area contributed by atoms with Crippen molar-refractivity contribution in [2.24, 2.45) is 5.73 Å². The first-order valence-electron chi connectivity index (χ1n) is 7.92. The van der Waals surface area contributed by atoms with Gasteiger partial charge in [0.05, 0.1) is 0 Å². The molecule has 18 heavy (non-hydrogen) atoms. The normalized spacial score (nSPS) is 35.0. The largest absolute Gasteiger partial charge is 0.326 e. The minimum absolute atomic E-state index is 0.397. The predicted octanol–water partition coefficient (Wildman–Crippen LogP) is 2.06. The number of rotatable bonds is 4. The highest BCUT2D eigenvalue weighted by atomic mass is 15.2. The number of likely N-dealkylation sites (N-methyl/N-ethyl adjacent to an activating group) is 2. The molecule has 0 radical (unpaired) electrons. The van der Waals surface area contributed by atoms with E-state index in [0.29, 0.717) is 12.1 Å². The first kappa shape index (κ1) is 14.3. The summed E-state index contributed by atoms with van der Waals surface area (Å²) in [4.78, 5) is 5.20. The van der Waals surface area contributed by atoms with E-state index in [1.165, 1.54) is 64.6 Å². The zero-order chi connectivity index (χ0) is 13.0. The lowest BCUT2D eigenvalue weighted by Crippen LogP contribution is -2.49. The Morgan fingerprint density at radius 2 is 1.89 bits per heavy atom. The molecule has 106 valence electrons. The van der Waals surface area contributed by atoms with E-state index in [4.69, 9.17) is 5.73 Å². The minimum Gasteiger partial charge on any atom is -0.326 e. The van der Waals surface area contributed by atoms with Gasteiger partial charge in [0.2, 0.25) is 0 Å². The van der Waals surface area contributed by atoms with Crippen molar-refractivity contribution < 1.29 is 0 Å². The SMILES string of the molecule is CCN1CCCC1CN(C)C1CCCCCC1N. The molecule has 2 aliphatic rings. The summed E-state index contributed by atoms with van der Waals surface area (Å²) in [6.45, 7) is 6.00. The monoisotopic (exact) mass is 253 g/mol. The molecule has 0 spiro atoms. The van der Waals surface area contributed by atoms with E-state index in [1.54, 1.807) is 0 Å². The van der Waals surface area contributed by atoms with Crippen LogP contribution < -0.4 is 5.73 Å². The highest BCUT2D eigenvalue weighted by Gasteiger charge is 2.29. The van der Waals surface area contributed by atoms with Crippen molar-refractivity contribution in [1.82, 2.24) is 9.80 Å². The Morgan fingerprint density at radius 1 is 1.11 bits per heavy atom. The summed E-state index contributed by atoms with van der Waals surface area (Å²) in [6.07, 6.45) is 9.35. The van der Waals surface area contributed by atoms with E-state index in [2.05, 4.69) is 23.8 Å². The Kier molecular flexibility index (Phi) is 5.46. The number of likely N-dealkylation sites (tertiary alicyclic amines) is 1. The van der Waals surface area contributed by atoms with Crippen molar-refractivity contribution in [1.29, 1.82) is 0 Å². The van der Waals surface area contributed by atoms with Gasteiger partial charge in [0, 0.05) is 24.7 Å². The van der Waals surface area contributed by atoms with Crippen molar-refractivity contribution >= 4 is 0 Å². The van der Waals surface area contributed by atoms with Crippen molar-refractivity contribution in [3.05, 3.63) is 0 Å². The average molecular weight is 253 g/mol. The van der Waals surface area contributed by atoms with Crippen LogP contribution in [-0.2, 0) is 0 Å². The summed E-state index contributed by atoms with van der Waals surface area (Å²) in [6, 6.07) is 1.79. The van der Waals surface area contributed by atoms with Gasteiger partial charge in [-0.2, -0.15) is 0 Å². The van der Waals surface area contributed by atoms with Crippen LogP contribution in [0.3, 0.4) is 0 Å². The molecule has 3 nitrogen and oxygen atoms in total. The van der Waals surface area contributed by atoms with Crippen molar-refractivity contribution in [3.8, 4) is 0 Å². The fourth-order valence-corrected chi connectivity index (χ4v) is 3.85. The molecule has 3 heteroatoms. The zero-order valence-electron chi connectivity index (χ0n) is 12.3. The molecule has 2 N–H and O–H groups in total. The summed E-state index contributed by atoms with van der Waals surface area (Å²) in [7, 11) is 2.29. The molecule has 0 aromatic heterocycles. The molecule has 0 aromatic carbocycles. The number of nitrogens with two attached hydrogens (primary N) is 1. The van der Waals surface area contributed by atoms with Gasteiger partial charge in [-0.1, -0.05) is 26.2 Å². The molecular weight excluding hydrogens is 222 g/mol. The molecule has 1 saturated carbocycles. The number of nitrogens with zero attached hydrogens (tertiary/aromatic N) is 2. The standard InChI is InChI=1S/C15H31N3/c1-3-18-11-7-8-13(18)12-17(2)15-10-6-4-5-9-14(15)16/h13-15H,3-12,16H2,1-2H3. The maximum atomic E-state index is 6.37. The molecule has 0 amide bonds. The third-order valence-corrected chi connectivity index (χ3v) is 5.00. The summed E-state index contributed by atoms with van der Waals surface area (Å²) < 4.78 is 0. The number of hydrogen-bond donors (Lipinski definition) is 1. The highest BCUT2D eigenvalue weighted by Crippen LogP contribution is 2.23. The third kappa shape index (κ3) is 3.46. The van der Waals surface area contributed by atoms with E-state index in [0.717, 1.165) is 6.04 Å². The molecule has 1 heterocycles. The summed E-state index contributed by atoms with van der Waals surface area (Å²) in [5.41, 5.74) is 6.37. The predicted molar refractivity (Wildman–Crippen MR) is 77.7 cm³/mol. The molecule has 0 bridgehead atoms. The van der Waals surface area contributed by atoms with E-state index < -0.39 is 0 Å². The first-order chi connectivity index (χ1) is 8.72. The molecule has 1 aliphatic heterocycles. The van der Waals surface area contributed by atoms with Crippen LogP contribution in [0.15, 0.2) is 0 Å². The van der Waals surface area contributed by atoms with Gasteiger partial charge in [0.1, 0.15) is 0 Å². The molecule has 2 rings (SSSR count). The van der Waals surface area contributed by atoms with Gasteiger partial charge in [0.25, 0.3) is 0 Å². The van der Waals surface area contributed by atoms with Crippen LogP contribution in [0.2, 0.25) is 0 Å². The Bertz CT molecular complexity index is 244. The van der Waals surface area contributed by atoms with Crippen LogP contribution >= 0.6 is 0 Å². The van der Waals surface area contributed by atoms with E-state index in [1.807, 2.05) is 0 Å². The van der Waals surface area contributed by atoms with Crippen LogP contribution in [0.25, 0.3) is 0 Å². The minimum atomic E-state index is 0.397. The average Bonchev–Trinajstić information content (AvgIpc) is 2.69. The molecule has 3 atom stereocenters. The van der Waals surface area contributed by atoms with Crippen molar-refractivity contribution in [2.75, 3.05) is 26.7 Å². The summed E-state index contributed by atoms with van der Waals surface area (Å²) in [5, 5.41) is 0. The lowest BCUT2D eigenvalue weighted by atomic mass is 10.0. The Labute approximate surface area is 113 Å². The molecule has 1 saturated heterocycles. The zero-order valence-corrected chi connectivity index (χ0v) is 12.3. The smallest absolute Gasteiger partial charge is 0.0244 e. The summed E-state index contributed by atoms with van der Waals surface area (Å²) in [5.74, 6) is 0. The van der Waals surface area contributed by atoms with E-state index in [9.17, 15) is 0 Å². The fraction of sp³-hybridized carbons (Fsp3) is 1.00. The van der Waals surface area contributed by atoms with Crippen molar-refractivity contribution in [2.45, 2.75) is 70.0 Å². The van der Waals surface area contributed by atoms with Gasteiger partial charge in [-0.25, -0.2) is 0 Å². The Balaban J connectivity index is 1.87. The van der Waals surface area contributed by atoms with E-state index >= 15 is 0 Å². The second-order valence-corrected chi connectivity index (χ2v) is 6.23. The Morgan fingerprint density at radius 3 is 2.67 bits per heavy atom. The van der Waals surface area contributed by atoms with Crippen LogP contribution in [0.4, 0.5) is 0 Å². The van der Waals surface area contributed by atoms with Crippen LogP contribution in [0.1, 0.15) is 51.9 Å². The maximum Gasteiger partial charge on any atom is 0.0244 e. The molecule has 0 aromatic rings. The second kappa shape index (κ2) is 6.88. The van der Waals surface area contributed by atoms with Crippen molar-refractivity contribution in [3.63, 3.8) is 0 Å². The van der Waals surface area contributed by atoms with Crippen LogP contribution in [-0.4, -0.2) is 54.6 Å². The Hall–Kier alpha value is -0.120. The van der Waals surface area contributed by atoms with Gasteiger partial charge < -0.3 is 10.6 Å². The topological polar surface area (TPSA) is 32.5 Å². The lowest BCUT2D eigenvalue weighted by molar-refractivity contribution is 0.143.